The van der Waals surface area contributed by atoms with Crippen LogP contribution in [0.2, 0.25) is 0 Å². The number of nitrogens with zero attached hydrogens (tertiary/aromatic N) is 4. The molecule has 8 nitrogen and oxygen atoms in total. The monoisotopic (exact) mass is 652 g/mol. The van der Waals surface area contributed by atoms with Crippen LogP contribution >= 0.6 is 0 Å². The van der Waals surface area contributed by atoms with Crippen LogP contribution in [0, 0.1) is 44.5 Å². The molecule has 1 saturated carbocycles. The Morgan fingerprint density at radius 3 is 0.917 bits per heavy atom. The van der Waals surface area contributed by atoms with Gasteiger partial charge in [-0.05, 0) is 22.3 Å². The summed E-state index contributed by atoms with van der Waals surface area (Å²) in [6, 6.07) is 19.7. The van der Waals surface area contributed by atoms with E-state index in [0.717, 1.165) is 41.2 Å². The first-order valence-corrected chi connectivity index (χ1v) is 17.0. The van der Waals surface area contributed by atoms with Crippen molar-refractivity contribution in [2.24, 2.45) is 23.7 Å². The zero-order valence-electron chi connectivity index (χ0n) is 30.7. The lowest BCUT2D eigenvalue weighted by Crippen LogP contribution is -2.64. The predicted octanol–water partition coefficient (Wildman–Crippen LogP) is 7.66. The van der Waals surface area contributed by atoms with Crippen LogP contribution < -0.4 is 0 Å². The lowest BCUT2D eigenvalue weighted by atomic mass is 9.52. The summed E-state index contributed by atoms with van der Waals surface area (Å²) in [6.07, 6.45) is 3.90. The molecule has 3 aliphatic carbocycles. The van der Waals surface area contributed by atoms with Gasteiger partial charge in [-0.1, -0.05) is 60.7 Å². The van der Waals surface area contributed by atoms with Crippen LogP contribution in [0.1, 0.15) is 94.2 Å². The van der Waals surface area contributed by atoms with E-state index in [1.807, 2.05) is 156 Å². The number of allylic oxidation sites excluding steroid dienone is 4. The largest absolute Gasteiger partial charge is 0.623 e. The second kappa shape index (κ2) is 11.7. The molecule has 0 N–H and O–H groups in total. The lowest BCUT2D eigenvalue weighted by molar-refractivity contribution is -0.551. The van der Waals surface area contributed by atoms with Crippen molar-refractivity contribution in [3.8, 4) is 0 Å². The van der Waals surface area contributed by atoms with E-state index in [2.05, 4.69) is 0 Å². The van der Waals surface area contributed by atoms with Gasteiger partial charge in [0.2, 0.25) is 11.4 Å². The summed E-state index contributed by atoms with van der Waals surface area (Å²) in [4.78, 5) is 0. The fraction of sp³-hybridized carbons (Fsp3) is 0.500. The van der Waals surface area contributed by atoms with Crippen LogP contribution in [0.3, 0.4) is 0 Å². The van der Waals surface area contributed by atoms with Crippen molar-refractivity contribution in [2.45, 2.75) is 105 Å². The Morgan fingerprint density at radius 2 is 0.667 bits per heavy atom. The molecule has 4 atom stereocenters. The standard InChI is InChI=1S/C40H52N4O4/c1-37(2,3)41(45)29-23-27(25-19-15-13-16-20-25)31-32-28(26-21-17-14-18-22-26)24-30(42(46)38(4,5)6)34(36(32)44(48)40(10,11)12)33(29)35(31)43(47)39(7,8)9/h13-24,31-34H,1-12H3/b41-29-,42-30-,43-35+,44-36+. The van der Waals surface area contributed by atoms with Crippen molar-refractivity contribution in [1.82, 2.24) is 0 Å². The molecule has 5 rings (SSSR count). The maximum atomic E-state index is 14.9. The van der Waals surface area contributed by atoms with Gasteiger partial charge in [-0.2, -0.15) is 0 Å². The fourth-order valence-corrected chi connectivity index (χ4v) is 7.28. The summed E-state index contributed by atoms with van der Waals surface area (Å²) in [5.41, 5.74) is 1.59. The average Bonchev–Trinajstić information content (AvgIpc) is 3.00. The summed E-state index contributed by atoms with van der Waals surface area (Å²) < 4.78 is 4.10. The quantitative estimate of drug-likeness (QED) is 0.189. The molecule has 2 aromatic carbocycles. The van der Waals surface area contributed by atoms with Crippen LogP contribution in [0.4, 0.5) is 0 Å². The van der Waals surface area contributed by atoms with E-state index in [0.29, 0.717) is 22.8 Å². The van der Waals surface area contributed by atoms with Gasteiger partial charge in [0.25, 0.3) is 0 Å². The zero-order valence-corrected chi connectivity index (χ0v) is 30.7. The van der Waals surface area contributed by atoms with Gasteiger partial charge in [-0.3, -0.25) is 0 Å². The molecule has 0 spiro atoms. The Kier molecular flexibility index (Phi) is 8.59. The van der Waals surface area contributed by atoms with E-state index in [1.54, 1.807) is 0 Å². The summed E-state index contributed by atoms with van der Waals surface area (Å²) in [5.74, 6) is -2.88. The second-order valence-electron chi connectivity index (χ2n) is 17.4. The Hall–Kier alpha value is -4.20. The predicted molar refractivity (Wildman–Crippen MR) is 196 cm³/mol. The molecule has 3 aliphatic rings. The van der Waals surface area contributed by atoms with Gasteiger partial charge < -0.3 is 20.8 Å². The minimum absolute atomic E-state index is 0.373. The van der Waals surface area contributed by atoms with Gasteiger partial charge in [0.05, 0.1) is 11.8 Å². The van der Waals surface area contributed by atoms with Gasteiger partial charge in [-0.15, -0.1) is 0 Å². The summed E-state index contributed by atoms with van der Waals surface area (Å²) in [7, 11) is 0. The van der Waals surface area contributed by atoms with Crippen molar-refractivity contribution in [2.75, 3.05) is 0 Å². The lowest BCUT2D eigenvalue weighted by Gasteiger charge is -2.48. The van der Waals surface area contributed by atoms with Crippen molar-refractivity contribution in [1.29, 1.82) is 0 Å². The third-order valence-corrected chi connectivity index (χ3v) is 9.44. The third-order valence-electron chi connectivity index (χ3n) is 9.44. The van der Waals surface area contributed by atoms with Gasteiger partial charge in [0, 0.05) is 95.2 Å². The Bertz CT molecular complexity index is 1650. The first-order valence-electron chi connectivity index (χ1n) is 17.0. The highest BCUT2D eigenvalue weighted by Gasteiger charge is 2.67. The second-order valence-corrected chi connectivity index (χ2v) is 17.4. The number of fused-ring (bicyclic) bond motifs is 6. The molecule has 2 aromatic rings. The highest BCUT2D eigenvalue weighted by molar-refractivity contribution is 6.33. The van der Waals surface area contributed by atoms with Gasteiger partial charge in [0.15, 0.2) is 33.6 Å². The Balaban J connectivity index is 2.12. The highest BCUT2D eigenvalue weighted by atomic mass is 16.5. The molecule has 48 heavy (non-hydrogen) atoms. The zero-order chi connectivity index (χ0) is 35.7. The van der Waals surface area contributed by atoms with E-state index in [9.17, 15) is 20.8 Å². The maximum absolute atomic E-state index is 14.9. The molecule has 0 aromatic heterocycles. The SMILES string of the molecule is CC(C)(C)/[N+]([O-])=C1\C=C(c2ccccc2)C2/C(=[N+](\[O-])C(C)(C)C)C1C1/C(=[N+](\[O-])C(C)(C)C)C=C(c3ccccc3)C2/C1=[N+](\[O-])C(C)(C)C. The number of hydrogen-bond acceptors (Lipinski definition) is 4. The Labute approximate surface area is 286 Å². The van der Waals surface area contributed by atoms with E-state index in [-0.39, 0.29) is 0 Å². The molecule has 0 amide bonds. The molecule has 4 unspecified atom stereocenters. The maximum Gasteiger partial charge on any atom is 0.202 e. The van der Waals surface area contributed by atoms with Crippen molar-refractivity contribution < 1.29 is 19.0 Å². The van der Waals surface area contributed by atoms with Gasteiger partial charge in [0.1, 0.15) is 11.8 Å². The van der Waals surface area contributed by atoms with Crippen molar-refractivity contribution in [3.05, 3.63) is 105 Å². The van der Waals surface area contributed by atoms with Gasteiger partial charge in [-0.25, -0.2) is 19.0 Å². The van der Waals surface area contributed by atoms with Crippen molar-refractivity contribution >= 4 is 34.0 Å². The number of rotatable bonds is 2. The summed E-state index contributed by atoms with van der Waals surface area (Å²) in [6.45, 7) is 22.2. The van der Waals surface area contributed by atoms with Gasteiger partial charge >= 0.3 is 0 Å². The highest BCUT2D eigenvalue weighted by Crippen LogP contribution is 2.54. The smallest absolute Gasteiger partial charge is 0.202 e. The molecule has 0 heterocycles. The molecule has 256 valence electrons. The molecule has 8 heteroatoms. The van der Waals surface area contributed by atoms with E-state index >= 15 is 0 Å². The van der Waals surface area contributed by atoms with E-state index < -0.39 is 45.8 Å². The topological polar surface area (TPSA) is 104 Å². The minimum atomic E-state index is -0.878. The molecule has 1 fully saturated rings. The average molecular weight is 653 g/mol. The third kappa shape index (κ3) is 5.99. The fourth-order valence-electron chi connectivity index (χ4n) is 7.28. The van der Waals surface area contributed by atoms with E-state index in [1.165, 1.54) is 0 Å². The molecular weight excluding hydrogens is 600 g/mol. The molecule has 4 bridgehead atoms. The van der Waals surface area contributed by atoms with Crippen LogP contribution in [0.15, 0.2) is 72.8 Å². The molecular formula is C40H52N4O4. The number of hydroxylamine groups is 4. The molecule has 0 aliphatic heterocycles. The normalized spacial score (nSPS) is 27.5. The summed E-state index contributed by atoms with van der Waals surface area (Å²) in [5, 5.41) is 59.1. The first kappa shape index (κ1) is 35.1. The Morgan fingerprint density at radius 1 is 0.396 bits per heavy atom. The van der Waals surface area contributed by atoms with Crippen LogP contribution in [-0.2, 0) is 0 Å². The van der Waals surface area contributed by atoms with E-state index in [4.69, 9.17) is 0 Å². The minimum Gasteiger partial charge on any atom is -0.623 e. The van der Waals surface area contributed by atoms with Crippen LogP contribution in [-0.4, -0.2) is 64.0 Å². The summed E-state index contributed by atoms with van der Waals surface area (Å²) >= 11 is 0. The molecule has 0 saturated heterocycles. The first-order chi connectivity index (χ1) is 22.1. The van der Waals surface area contributed by atoms with Crippen LogP contribution in [0.5, 0.6) is 0 Å². The number of hydrogen-bond donors (Lipinski definition) is 0. The number of benzene rings is 2. The molecule has 0 radical (unpaired) electrons. The van der Waals surface area contributed by atoms with Crippen LogP contribution in [0.25, 0.3) is 11.1 Å². The van der Waals surface area contributed by atoms with Crippen molar-refractivity contribution in [3.63, 3.8) is 0 Å².